The molecule has 0 saturated heterocycles. The third-order valence-electron chi connectivity index (χ3n) is 2.95. The maximum absolute atomic E-state index is 5.60. The molecule has 5 nitrogen and oxygen atoms in total. The van der Waals surface area contributed by atoms with Crippen LogP contribution in [0.4, 0.5) is 11.7 Å². The zero-order valence-electron chi connectivity index (χ0n) is 12.7. The fourth-order valence-electron chi connectivity index (χ4n) is 1.83. The number of para-hydroxylation sites is 1. The summed E-state index contributed by atoms with van der Waals surface area (Å²) in [5.41, 5.74) is 3.34. The van der Waals surface area contributed by atoms with Gasteiger partial charge < -0.3 is 15.1 Å². The molecule has 2 rings (SSSR count). The fraction of sp³-hybridized carbons (Fsp3) is 0.467. The van der Waals surface area contributed by atoms with Crippen LogP contribution in [-0.2, 0) is 6.54 Å². The van der Waals surface area contributed by atoms with Gasteiger partial charge in [0.25, 0.3) is 0 Å². The average molecular weight is 274 g/mol. The smallest absolute Gasteiger partial charge is 0.320 e. The number of aryl methyl sites for hydroxylation is 2. The number of hydrogen-bond donors (Lipinski definition) is 2. The lowest BCUT2D eigenvalue weighted by Gasteiger charge is -2.18. The molecule has 1 aromatic carbocycles. The zero-order valence-corrected chi connectivity index (χ0v) is 12.7. The molecule has 0 aliphatic heterocycles. The molecule has 2 aromatic rings. The molecule has 0 aliphatic carbocycles. The molecule has 20 heavy (non-hydrogen) atoms. The van der Waals surface area contributed by atoms with E-state index in [9.17, 15) is 0 Å². The molecule has 0 unspecified atom stereocenters. The van der Waals surface area contributed by atoms with E-state index in [1.807, 2.05) is 32.0 Å². The van der Waals surface area contributed by atoms with E-state index in [1.165, 1.54) is 0 Å². The molecule has 0 saturated carbocycles. The van der Waals surface area contributed by atoms with Crippen LogP contribution in [0, 0.1) is 13.8 Å². The van der Waals surface area contributed by atoms with Crippen molar-refractivity contribution in [1.82, 2.24) is 15.5 Å². The lowest BCUT2D eigenvalue weighted by molar-refractivity contribution is 0.384. The molecule has 0 spiro atoms. The second-order valence-electron chi connectivity index (χ2n) is 6.00. The second kappa shape index (κ2) is 5.63. The highest BCUT2D eigenvalue weighted by Crippen LogP contribution is 2.23. The van der Waals surface area contributed by atoms with Crippen molar-refractivity contribution in [3.63, 3.8) is 0 Å². The topological polar surface area (TPSA) is 63.0 Å². The first kappa shape index (κ1) is 14.5. The third-order valence-corrected chi connectivity index (χ3v) is 2.95. The van der Waals surface area contributed by atoms with E-state index < -0.39 is 0 Å². The summed E-state index contributed by atoms with van der Waals surface area (Å²) in [5.74, 6) is 0.577. The Morgan fingerprint density at radius 3 is 2.35 bits per heavy atom. The molecule has 0 bridgehead atoms. The Hall–Kier alpha value is -1.88. The highest BCUT2D eigenvalue weighted by atomic mass is 16.4. The fourth-order valence-corrected chi connectivity index (χ4v) is 1.83. The van der Waals surface area contributed by atoms with Crippen LogP contribution in [0.3, 0.4) is 0 Å². The van der Waals surface area contributed by atoms with Gasteiger partial charge in [-0.05, 0) is 45.7 Å². The van der Waals surface area contributed by atoms with Gasteiger partial charge in [0.2, 0.25) is 5.89 Å². The van der Waals surface area contributed by atoms with Crippen molar-refractivity contribution in [3.05, 3.63) is 35.2 Å². The summed E-state index contributed by atoms with van der Waals surface area (Å²) < 4.78 is 5.60. The first-order valence-electron chi connectivity index (χ1n) is 6.76. The standard InChI is InChI=1S/C15H22N4O/c1-10-7-6-8-11(2)13(10)17-14-19-18-12(20-14)9-16-15(3,4)5/h6-8,16H,9H2,1-5H3,(H,17,19). The Bertz CT molecular complexity index is 564. The van der Waals surface area contributed by atoms with Crippen molar-refractivity contribution < 1.29 is 4.42 Å². The number of benzene rings is 1. The number of aromatic nitrogens is 2. The lowest BCUT2D eigenvalue weighted by atomic mass is 10.1. The summed E-state index contributed by atoms with van der Waals surface area (Å²) in [6, 6.07) is 6.55. The highest BCUT2D eigenvalue weighted by Gasteiger charge is 2.13. The van der Waals surface area contributed by atoms with Gasteiger partial charge in [-0.2, -0.15) is 0 Å². The molecule has 1 aromatic heterocycles. The van der Waals surface area contributed by atoms with E-state index in [0.717, 1.165) is 16.8 Å². The molecule has 5 heteroatoms. The molecule has 0 radical (unpaired) electrons. The van der Waals surface area contributed by atoms with Gasteiger partial charge in [-0.15, -0.1) is 5.10 Å². The van der Waals surface area contributed by atoms with Gasteiger partial charge >= 0.3 is 6.01 Å². The first-order chi connectivity index (χ1) is 9.35. The third kappa shape index (κ3) is 3.81. The largest absolute Gasteiger partial charge is 0.406 e. The molecular weight excluding hydrogens is 252 g/mol. The minimum Gasteiger partial charge on any atom is -0.406 e. The van der Waals surface area contributed by atoms with Gasteiger partial charge in [-0.3, -0.25) is 0 Å². The minimum atomic E-state index is 0.0225. The van der Waals surface area contributed by atoms with Crippen LogP contribution in [0.15, 0.2) is 22.6 Å². The maximum Gasteiger partial charge on any atom is 0.320 e. The molecule has 2 N–H and O–H groups in total. The summed E-state index contributed by atoms with van der Waals surface area (Å²) in [5, 5.41) is 14.6. The van der Waals surface area contributed by atoms with Gasteiger partial charge in [-0.25, -0.2) is 0 Å². The molecule has 0 amide bonds. The summed E-state index contributed by atoms with van der Waals surface area (Å²) >= 11 is 0. The molecule has 1 heterocycles. The zero-order chi connectivity index (χ0) is 14.8. The van der Waals surface area contributed by atoms with Gasteiger partial charge in [0.1, 0.15) is 0 Å². The van der Waals surface area contributed by atoms with Crippen LogP contribution in [-0.4, -0.2) is 15.7 Å². The minimum absolute atomic E-state index is 0.0225. The Labute approximate surface area is 119 Å². The van der Waals surface area contributed by atoms with E-state index in [4.69, 9.17) is 4.42 Å². The molecule has 0 fully saturated rings. The van der Waals surface area contributed by atoms with Crippen LogP contribution in [0.25, 0.3) is 0 Å². The lowest BCUT2D eigenvalue weighted by Crippen LogP contribution is -2.35. The van der Waals surface area contributed by atoms with E-state index in [0.29, 0.717) is 18.5 Å². The van der Waals surface area contributed by atoms with Crippen molar-refractivity contribution in [2.75, 3.05) is 5.32 Å². The van der Waals surface area contributed by atoms with Crippen molar-refractivity contribution in [2.24, 2.45) is 0 Å². The monoisotopic (exact) mass is 274 g/mol. The highest BCUT2D eigenvalue weighted by molar-refractivity contribution is 5.61. The number of nitrogens with zero attached hydrogens (tertiary/aromatic N) is 2. The Morgan fingerprint density at radius 1 is 1.10 bits per heavy atom. The second-order valence-corrected chi connectivity index (χ2v) is 6.00. The average Bonchev–Trinajstić information content (AvgIpc) is 2.79. The number of nitrogens with one attached hydrogen (secondary N) is 2. The van der Waals surface area contributed by atoms with E-state index in [1.54, 1.807) is 0 Å². The number of anilines is 2. The van der Waals surface area contributed by atoms with Crippen molar-refractivity contribution in [1.29, 1.82) is 0 Å². The number of hydrogen-bond acceptors (Lipinski definition) is 5. The predicted molar refractivity (Wildman–Crippen MR) is 80.1 cm³/mol. The summed E-state index contributed by atoms with van der Waals surface area (Å²) in [7, 11) is 0. The maximum atomic E-state index is 5.60. The molecule has 0 aliphatic rings. The van der Waals surface area contributed by atoms with Gasteiger partial charge in [0, 0.05) is 11.2 Å². The normalized spacial score (nSPS) is 11.7. The Balaban J connectivity index is 2.06. The van der Waals surface area contributed by atoms with Crippen LogP contribution in [0.1, 0.15) is 37.8 Å². The van der Waals surface area contributed by atoms with Crippen LogP contribution >= 0.6 is 0 Å². The van der Waals surface area contributed by atoms with Crippen LogP contribution in [0.5, 0.6) is 0 Å². The SMILES string of the molecule is Cc1cccc(C)c1Nc1nnc(CNC(C)(C)C)o1. The van der Waals surface area contributed by atoms with E-state index in [2.05, 4.69) is 41.6 Å². The van der Waals surface area contributed by atoms with Crippen molar-refractivity contribution in [3.8, 4) is 0 Å². The van der Waals surface area contributed by atoms with E-state index in [-0.39, 0.29) is 5.54 Å². The molecular formula is C15H22N4O. The first-order valence-corrected chi connectivity index (χ1v) is 6.76. The summed E-state index contributed by atoms with van der Waals surface area (Å²) in [6.07, 6.45) is 0. The Kier molecular flexibility index (Phi) is 4.09. The summed E-state index contributed by atoms with van der Waals surface area (Å²) in [4.78, 5) is 0. The summed E-state index contributed by atoms with van der Waals surface area (Å²) in [6.45, 7) is 10.9. The van der Waals surface area contributed by atoms with E-state index >= 15 is 0 Å². The van der Waals surface area contributed by atoms with Gasteiger partial charge in [-0.1, -0.05) is 23.3 Å². The Morgan fingerprint density at radius 2 is 1.75 bits per heavy atom. The number of rotatable bonds is 4. The quantitative estimate of drug-likeness (QED) is 0.895. The molecule has 108 valence electrons. The van der Waals surface area contributed by atoms with Crippen molar-refractivity contribution >= 4 is 11.7 Å². The van der Waals surface area contributed by atoms with Crippen molar-refractivity contribution in [2.45, 2.75) is 46.7 Å². The van der Waals surface area contributed by atoms with Crippen LogP contribution < -0.4 is 10.6 Å². The molecule has 0 atom stereocenters. The van der Waals surface area contributed by atoms with Gasteiger partial charge in [0.15, 0.2) is 0 Å². The predicted octanol–water partition coefficient (Wildman–Crippen LogP) is 3.32. The van der Waals surface area contributed by atoms with Crippen LogP contribution in [0.2, 0.25) is 0 Å². The van der Waals surface area contributed by atoms with Gasteiger partial charge in [0.05, 0.1) is 6.54 Å².